The third kappa shape index (κ3) is 5.78. The highest BCUT2D eigenvalue weighted by Crippen LogP contribution is 2.37. The van der Waals surface area contributed by atoms with Gasteiger partial charge in [-0.05, 0) is 36.4 Å². The average Bonchev–Trinajstić information content (AvgIpc) is 2.86. The summed E-state index contributed by atoms with van der Waals surface area (Å²) in [6, 6.07) is 13.6. The molecule has 0 aliphatic heterocycles. The SMILES string of the molecule is COc1ccc(S(=O)(=O)N(CC(=O)Nc2cccc([N+](=O)[O-])c2)c2cc(Cl)ccc2OC)cc1OC. The van der Waals surface area contributed by atoms with E-state index < -0.39 is 27.4 Å². The number of hydrogen-bond acceptors (Lipinski definition) is 8. The quantitative estimate of drug-likeness (QED) is 0.302. The average molecular weight is 536 g/mol. The standard InChI is InChI=1S/C23H22ClN3O8S/c1-33-20-9-7-15(24)11-19(20)26(14-23(28)25-16-5-4-6-17(12-16)27(29)30)36(31,32)18-8-10-21(34-2)22(13-18)35-3/h4-13H,14H2,1-3H3,(H,25,28). The number of carbonyl (C=O) groups is 1. The number of benzene rings is 3. The van der Waals surface area contributed by atoms with Crippen molar-refractivity contribution < 1.29 is 32.3 Å². The molecule has 3 aromatic carbocycles. The van der Waals surface area contributed by atoms with Crippen LogP contribution < -0.4 is 23.8 Å². The van der Waals surface area contributed by atoms with Crippen LogP contribution in [0.1, 0.15) is 0 Å². The monoisotopic (exact) mass is 535 g/mol. The Morgan fingerprint density at radius 3 is 2.28 bits per heavy atom. The highest BCUT2D eigenvalue weighted by atomic mass is 35.5. The third-order valence-electron chi connectivity index (χ3n) is 4.98. The Hall–Kier alpha value is -4.03. The van der Waals surface area contributed by atoms with Crippen LogP contribution >= 0.6 is 11.6 Å². The zero-order valence-corrected chi connectivity index (χ0v) is 21.0. The number of nitro benzene ring substituents is 1. The fourth-order valence-electron chi connectivity index (χ4n) is 3.29. The molecule has 0 heterocycles. The van der Waals surface area contributed by atoms with E-state index in [1.807, 2.05) is 0 Å². The van der Waals surface area contributed by atoms with Crippen LogP contribution in [0.3, 0.4) is 0 Å². The van der Waals surface area contributed by atoms with Crippen LogP contribution in [0.5, 0.6) is 17.2 Å². The van der Waals surface area contributed by atoms with E-state index in [4.69, 9.17) is 25.8 Å². The molecule has 36 heavy (non-hydrogen) atoms. The topological polar surface area (TPSA) is 137 Å². The minimum Gasteiger partial charge on any atom is -0.495 e. The molecule has 3 aromatic rings. The van der Waals surface area contributed by atoms with Gasteiger partial charge in [-0.3, -0.25) is 19.2 Å². The number of anilines is 2. The van der Waals surface area contributed by atoms with E-state index in [0.717, 1.165) is 10.4 Å². The van der Waals surface area contributed by atoms with E-state index in [0.29, 0.717) is 5.75 Å². The summed E-state index contributed by atoms with van der Waals surface area (Å²) in [7, 11) is -0.266. The minimum atomic E-state index is -4.38. The number of sulfonamides is 1. The maximum absolute atomic E-state index is 13.8. The lowest BCUT2D eigenvalue weighted by Crippen LogP contribution is -2.38. The summed E-state index contributed by atoms with van der Waals surface area (Å²) in [5, 5.41) is 13.7. The van der Waals surface area contributed by atoms with Gasteiger partial charge in [0.1, 0.15) is 12.3 Å². The molecule has 0 saturated carbocycles. The molecule has 1 N–H and O–H groups in total. The molecule has 0 saturated heterocycles. The molecule has 0 aliphatic carbocycles. The van der Waals surface area contributed by atoms with Gasteiger partial charge in [0, 0.05) is 28.9 Å². The molecule has 0 atom stereocenters. The first-order chi connectivity index (χ1) is 17.1. The van der Waals surface area contributed by atoms with Gasteiger partial charge in [0.05, 0.1) is 36.8 Å². The lowest BCUT2D eigenvalue weighted by Gasteiger charge is -2.26. The van der Waals surface area contributed by atoms with Gasteiger partial charge in [0.25, 0.3) is 15.7 Å². The number of non-ortho nitro benzene ring substituents is 1. The Balaban J connectivity index is 2.06. The van der Waals surface area contributed by atoms with E-state index in [2.05, 4.69) is 5.32 Å². The Bertz CT molecular complexity index is 1400. The Morgan fingerprint density at radius 2 is 1.64 bits per heavy atom. The van der Waals surface area contributed by atoms with Gasteiger partial charge < -0.3 is 19.5 Å². The fourth-order valence-corrected chi connectivity index (χ4v) is 4.90. The first-order valence-corrected chi connectivity index (χ1v) is 12.0. The predicted octanol–water partition coefficient (Wildman–Crippen LogP) is 4.11. The molecule has 11 nitrogen and oxygen atoms in total. The van der Waals surface area contributed by atoms with E-state index in [9.17, 15) is 23.3 Å². The second-order valence-corrected chi connectivity index (χ2v) is 9.50. The summed E-state index contributed by atoms with van der Waals surface area (Å²) in [5.41, 5.74) is -0.108. The van der Waals surface area contributed by atoms with Gasteiger partial charge in [-0.15, -0.1) is 0 Å². The number of carbonyl (C=O) groups excluding carboxylic acids is 1. The van der Waals surface area contributed by atoms with Crippen molar-refractivity contribution in [1.29, 1.82) is 0 Å². The number of nitro groups is 1. The zero-order chi connectivity index (χ0) is 26.5. The van der Waals surface area contributed by atoms with Crippen LogP contribution in [0.15, 0.2) is 65.6 Å². The van der Waals surface area contributed by atoms with E-state index in [1.165, 1.54) is 75.9 Å². The molecule has 0 bridgehead atoms. The molecule has 190 valence electrons. The highest BCUT2D eigenvalue weighted by molar-refractivity contribution is 7.92. The zero-order valence-electron chi connectivity index (χ0n) is 19.4. The van der Waals surface area contributed by atoms with Crippen molar-refractivity contribution in [3.63, 3.8) is 0 Å². The Morgan fingerprint density at radius 1 is 0.972 bits per heavy atom. The van der Waals surface area contributed by atoms with Gasteiger partial charge in [-0.2, -0.15) is 0 Å². The summed E-state index contributed by atoms with van der Waals surface area (Å²) >= 11 is 6.14. The smallest absolute Gasteiger partial charge is 0.271 e. The van der Waals surface area contributed by atoms with Crippen molar-refractivity contribution in [3.05, 3.63) is 75.8 Å². The van der Waals surface area contributed by atoms with Crippen LogP contribution in [0.4, 0.5) is 17.1 Å². The molecular weight excluding hydrogens is 514 g/mol. The van der Waals surface area contributed by atoms with Crippen molar-refractivity contribution in [1.82, 2.24) is 0 Å². The maximum atomic E-state index is 13.8. The molecule has 1 amide bonds. The molecule has 0 spiro atoms. The van der Waals surface area contributed by atoms with E-state index in [-0.39, 0.29) is 38.5 Å². The largest absolute Gasteiger partial charge is 0.495 e. The van der Waals surface area contributed by atoms with Gasteiger partial charge >= 0.3 is 0 Å². The summed E-state index contributed by atoms with van der Waals surface area (Å²) in [6.45, 7) is -0.698. The van der Waals surface area contributed by atoms with Crippen LogP contribution in [0, 0.1) is 10.1 Å². The maximum Gasteiger partial charge on any atom is 0.271 e. The number of hydrogen-bond donors (Lipinski definition) is 1. The van der Waals surface area contributed by atoms with E-state index in [1.54, 1.807) is 0 Å². The minimum absolute atomic E-state index is 0.00831. The summed E-state index contributed by atoms with van der Waals surface area (Å²) in [5.74, 6) is -0.141. The second-order valence-electron chi connectivity index (χ2n) is 7.20. The number of ether oxygens (including phenoxy) is 3. The molecule has 13 heteroatoms. The fraction of sp³-hybridized carbons (Fsp3) is 0.174. The summed E-state index contributed by atoms with van der Waals surface area (Å²) in [4.78, 5) is 23.2. The molecular formula is C23H22ClN3O8S. The third-order valence-corrected chi connectivity index (χ3v) is 6.97. The van der Waals surface area contributed by atoms with Crippen LogP contribution in [0.2, 0.25) is 5.02 Å². The van der Waals surface area contributed by atoms with Crippen molar-refractivity contribution in [2.24, 2.45) is 0 Å². The number of halogens is 1. The molecule has 0 radical (unpaired) electrons. The molecule has 0 aromatic heterocycles. The van der Waals surface area contributed by atoms with Crippen molar-refractivity contribution >= 4 is 44.6 Å². The first-order valence-electron chi connectivity index (χ1n) is 10.2. The van der Waals surface area contributed by atoms with Crippen molar-refractivity contribution in [3.8, 4) is 17.2 Å². The van der Waals surface area contributed by atoms with Gasteiger partial charge in [0.2, 0.25) is 5.91 Å². The van der Waals surface area contributed by atoms with Crippen LogP contribution in [-0.2, 0) is 14.8 Å². The Labute approximate surface area is 212 Å². The number of methoxy groups -OCH3 is 3. The molecule has 3 rings (SSSR count). The number of nitrogens with one attached hydrogen (secondary N) is 1. The summed E-state index contributed by atoms with van der Waals surface area (Å²) in [6.07, 6.45) is 0. The number of rotatable bonds is 10. The lowest BCUT2D eigenvalue weighted by molar-refractivity contribution is -0.384. The Kier molecular flexibility index (Phi) is 8.22. The van der Waals surface area contributed by atoms with E-state index >= 15 is 0 Å². The second kappa shape index (κ2) is 11.1. The number of amides is 1. The molecule has 0 aliphatic rings. The van der Waals surface area contributed by atoms with Crippen LogP contribution in [0.25, 0.3) is 0 Å². The summed E-state index contributed by atoms with van der Waals surface area (Å²) < 4.78 is 44.1. The van der Waals surface area contributed by atoms with Crippen molar-refractivity contribution in [2.45, 2.75) is 4.90 Å². The van der Waals surface area contributed by atoms with Crippen LogP contribution in [-0.4, -0.2) is 47.1 Å². The number of nitrogens with zero attached hydrogens (tertiary/aromatic N) is 2. The normalized spacial score (nSPS) is 10.9. The van der Waals surface area contributed by atoms with Gasteiger partial charge in [0.15, 0.2) is 11.5 Å². The van der Waals surface area contributed by atoms with Gasteiger partial charge in [-0.1, -0.05) is 17.7 Å². The predicted molar refractivity (Wildman–Crippen MR) is 134 cm³/mol. The first kappa shape index (κ1) is 26.6. The van der Waals surface area contributed by atoms with Crippen molar-refractivity contribution in [2.75, 3.05) is 37.5 Å². The highest BCUT2D eigenvalue weighted by Gasteiger charge is 2.31. The molecule has 0 unspecified atom stereocenters. The lowest BCUT2D eigenvalue weighted by atomic mass is 10.2. The molecule has 0 fully saturated rings. The van der Waals surface area contributed by atoms with Gasteiger partial charge in [-0.25, -0.2) is 8.42 Å².